The maximum Gasteiger partial charge on any atom is 0.312 e. The van der Waals surface area contributed by atoms with Crippen LogP contribution in [0.5, 0.6) is 0 Å². The first-order chi connectivity index (χ1) is 6.93. The number of nitrogens with one attached hydrogen (secondary N) is 1. The highest BCUT2D eigenvalue weighted by Crippen LogP contribution is 2.04. The molecule has 2 amide bonds. The lowest BCUT2D eigenvalue weighted by atomic mass is 10.0. The molecule has 1 unspecified atom stereocenters. The van der Waals surface area contributed by atoms with Crippen LogP contribution < -0.4 is 11.1 Å². The number of urea groups is 1. The highest BCUT2D eigenvalue weighted by Gasteiger charge is 2.31. The van der Waals surface area contributed by atoms with Crippen molar-refractivity contribution in [3.05, 3.63) is 0 Å². The summed E-state index contributed by atoms with van der Waals surface area (Å²) >= 11 is 0. The molecular weight excluding hydrogens is 208 g/mol. The van der Waals surface area contributed by atoms with Gasteiger partial charge in [0.25, 0.3) is 0 Å². The van der Waals surface area contributed by atoms with Crippen molar-refractivity contribution in [2.24, 2.45) is 5.73 Å². The summed E-state index contributed by atoms with van der Waals surface area (Å²) in [5.74, 6) is 0. The molecule has 15 heavy (non-hydrogen) atoms. The number of aliphatic hydroxyl groups excluding tert-OH is 5. The van der Waals surface area contributed by atoms with Gasteiger partial charge in [-0.2, -0.15) is 0 Å². The zero-order chi connectivity index (χ0) is 12.0. The van der Waals surface area contributed by atoms with E-state index in [1.165, 1.54) is 0 Å². The van der Waals surface area contributed by atoms with Crippen LogP contribution in [0.1, 0.15) is 0 Å². The molecule has 4 atom stereocenters. The number of aliphatic hydroxyl groups is 5. The molecule has 0 saturated heterocycles. The highest BCUT2D eigenvalue weighted by atomic mass is 16.4. The van der Waals surface area contributed by atoms with Crippen LogP contribution in [0, 0.1) is 0 Å². The van der Waals surface area contributed by atoms with Crippen LogP contribution in [0.15, 0.2) is 0 Å². The predicted molar refractivity (Wildman–Crippen MR) is 48.7 cm³/mol. The van der Waals surface area contributed by atoms with Gasteiger partial charge in [-0.15, -0.1) is 0 Å². The molecule has 0 aromatic heterocycles. The predicted octanol–water partition coefficient (Wildman–Crippen LogP) is -3.91. The topological polar surface area (TPSA) is 156 Å². The van der Waals surface area contributed by atoms with Gasteiger partial charge in [0.05, 0.1) is 19.3 Å². The fourth-order valence-electron chi connectivity index (χ4n) is 0.995. The molecule has 0 bridgehead atoms. The first-order valence-electron chi connectivity index (χ1n) is 4.26. The van der Waals surface area contributed by atoms with E-state index >= 15 is 0 Å². The summed E-state index contributed by atoms with van der Waals surface area (Å²) in [7, 11) is 0. The summed E-state index contributed by atoms with van der Waals surface area (Å²) < 4.78 is 0. The summed E-state index contributed by atoms with van der Waals surface area (Å²) in [6.45, 7) is -1.42. The Morgan fingerprint density at radius 1 is 1.13 bits per heavy atom. The van der Waals surface area contributed by atoms with E-state index in [-0.39, 0.29) is 0 Å². The minimum atomic E-state index is -1.70. The van der Waals surface area contributed by atoms with E-state index in [1.54, 1.807) is 0 Å². The van der Waals surface area contributed by atoms with Gasteiger partial charge in [0.15, 0.2) is 0 Å². The van der Waals surface area contributed by atoms with E-state index in [4.69, 9.17) is 21.1 Å². The minimum absolute atomic E-state index is 0.667. The molecule has 0 aromatic carbocycles. The van der Waals surface area contributed by atoms with Crippen molar-refractivity contribution in [2.45, 2.75) is 24.4 Å². The van der Waals surface area contributed by atoms with E-state index in [9.17, 15) is 15.0 Å². The number of amides is 2. The number of hydrogen-bond acceptors (Lipinski definition) is 6. The lowest BCUT2D eigenvalue weighted by molar-refractivity contribution is -0.0901. The number of primary amides is 1. The molecule has 0 aliphatic rings. The summed E-state index contributed by atoms with van der Waals surface area (Å²) in [4.78, 5) is 10.4. The summed E-state index contributed by atoms with van der Waals surface area (Å²) in [5, 5.41) is 46.8. The second kappa shape index (κ2) is 6.53. The Balaban J connectivity index is 4.35. The number of rotatable bonds is 6. The van der Waals surface area contributed by atoms with Crippen LogP contribution >= 0.6 is 0 Å². The molecule has 0 rings (SSSR count). The van der Waals surface area contributed by atoms with Crippen LogP contribution in [-0.4, -0.2) is 69.1 Å². The van der Waals surface area contributed by atoms with Crippen molar-refractivity contribution in [2.75, 3.05) is 13.2 Å². The van der Waals surface area contributed by atoms with Gasteiger partial charge < -0.3 is 36.6 Å². The molecule has 0 fully saturated rings. The monoisotopic (exact) mass is 224 g/mol. The quantitative estimate of drug-likeness (QED) is 0.244. The van der Waals surface area contributed by atoms with Gasteiger partial charge in [0, 0.05) is 0 Å². The van der Waals surface area contributed by atoms with E-state index in [1.807, 2.05) is 5.32 Å². The summed E-state index contributed by atoms with van der Waals surface area (Å²) in [6.07, 6.45) is -4.90. The second-order valence-electron chi connectivity index (χ2n) is 3.03. The molecule has 8 heteroatoms. The standard InChI is InChI=1S/C7H16N2O6/c8-7(15)9-3(1-10)5(13)6(14)4(12)2-11/h3-6,10-14H,1-2H2,(H3,8,9,15)/t3?,4-,5-,6-/m1/s1. The molecule has 0 aliphatic carbocycles. The third-order valence-corrected chi connectivity index (χ3v) is 1.87. The maximum atomic E-state index is 10.4. The number of carbonyl (C=O) groups excluding carboxylic acids is 1. The first kappa shape index (κ1) is 14.1. The van der Waals surface area contributed by atoms with Crippen molar-refractivity contribution < 1.29 is 30.3 Å². The zero-order valence-corrected chi connectivity index (χ0v) is 7.95. The van der Waals surface area contributed by atoms with Crippen molar-refractivity contribution in [1.82, 2.24) is 5.32 Å². The Morgan fingerprint density at radius 2 is 1.67 bits per heavy atom. The SMILES string of the molecule is NC(=O)NC(CO)[C@@H](O)[C@H](O)[C@H](O)CO. The first-order valence-corrected chi connectivity index (χ1v) is 4.26. The van der Waals surface area contributed by atoms with Gasteiger partial charge in [0.1, 0.15) is 18.3 Å². The van der Waals surface area contributed by atoms with Crippen LogP contribution in [0.25, 0.3) is 0 Å². The lowest BCUT2D eigenvalue weighted by Gasteiger charge is -2.27. The molecule has 0 spiro atoms. The average molecular weight is 224 g/mol. The number of nitrogens with two attached hydrogens (primary N) is 1. The van der Waals surface area contributed by atoms with Gasteiger partial charge in [-0.05, 0) is 0 Å². The average Bonchev–Trinajstić information content (AvgIpc) is 2.22. The fraction of sp³-hybridized carbons (Fsp3) is 0.857. The molecule has 8 nitrogen and oxygen atoms in total. The second-order valence-corrected chi connectivity index (χ2v) is 3.03. The third kappa shape index (κ3) is 4.40. The van der Waals surface area contributed by atoms with Crippen LogP contribution in [-0.2, 0) is 0 Å². The normalized spacial score (nSPS) is 19.0. The lowest BCUT2D eigenvalue weighted by Crippen LogP contribution is -2.55. The Hall–Kier alpha value is -0.930. The van der Waals surface area contributed by atoms with Gasteiger partial charge in [-0.25, -0.2) is 4.79 Å². The Kier molecular flexibility index (Phi) is 6.13. The molecule has 90 valence electrons. The van der Waals surface area contributed by atoms with E-state index < -0.39 is 43.6 Å². The van der Waals surface area contributed by atoms with E-state index in [0.717, 1.165) is 0 Å². The molecule has 0 radical (unpaired) electrons. The molecule has 0 heterocycles. The number of hydrogen-bond donors (Lipinski definition) is 7. The minimum Gasteiger partial charge on any atom is -0.394 e. The van der Waals surface area contributed by atoms with Gasteiger partial charge >= 0.3 is 6.03 Å². The van der Waals surface area contributed by atoms with Crippen molar-refractivity contribution in [3.8, 4) is 0 Å². The molecule has 0 aliphatic heterocycles. The molecule has 0 saturated carbocycles. The largest absolute Gasteiger partial charge is 0.394 e. The van der Waals surface area contributed by atoms with Crippen LogP contribution in [0.2, 0.25) is 0 Å². The fourth-order valence-corrected chi connectivity index (χ4v) is 0.995. The molecule has 8 N–H and O–H groups in total. The van der Waals surface area contributed by atoms with Gasteiger partial charge in [-0.3, -0.25) is 0 Å². The summed E-state index contributed by atoms with van der Waals surface area (Å²) in [6, 6.07) is -2.20. The van der Waals surface area contributed by atoms with Crippen LogP contribution in [0.4, 0.5) is 4.79 Å². The highest BCUT2D eigenvalue weighted by molar-refractivity contribution is 5.72. The number of carbonyl (C=O) groups is 1. The zero-order valence-electron chi connectivity index (χ0n) is 7.95. The smallest absolute Gasteiger partial charge is 0.312 e. The van der Waals surface area contributed by atoms with Crippen molar-refractivity contribution >= 4 is 6.03 Å². The molecule has 0 aromatic rings. The molecular formula is C7H16N2O6. The van der Waals surface area contributed by atoms with Crippen molar-refractivity contribution in [1.29, 1.82) is 0 Å². The van der Waals surface area contributed by atoms with Gasteiger partial charge in [-0.1, -0.05) is 0 Å². The van der Waals surface area contributed by atoms with E-state index in [2.05, 4.69) is 0 Å². The Labute approximate surface area is 86.0 Å². The Morgan fingerprint density at radius 3 is 2.00 bits per heavy atom. The third-order valence-electron chi connectivity index (χ3n) is 1.87. The van der Waals surface area contributed by atoms with Gasteiger partial charge in [0.2, 0.25) is 0 Å². The van der Waals surface area contributed by atoms with Crippen LogP contribution in [0.3, 0.4) is 0 Å². The Bertz CT molecular complexity index is 202. The van der Waals surface area contributed by atoms with Crippen molar-refractivity contribution in [3.63, 3.8) is 0 Å². The maximum absolute atomic E-state index is 10.4. The van der Waals surface area contributed by atoms with E-state index in [0.29, 0.717) is 0 Å². The summed E-state index contributed by atoms with van der Waals surface area (Å²) in [5.41, 5.74) is 4.75.